The molecule has 0 aliphatic carbocycles. The first kappa shape index (κ1) is 13.8. The van der Waals surface area contributed by atoms with Crippen molar-refractivity contribution in [2.24, 2.45) is 0 Å². The minimum absolute atomic E-state index is 0.0122. The predicted octanol–water partition coefficient (Wildman–Crippen LogP) is 2.29. The van der Waals surface area contributed by atoms with Crippen LogP contribution in [0.4, 0.5) is 13.2 Å². The molecule has 5 nitrogen and oxygen atoms in total. The molecular weight excluding hydrogens is 358 g/mol. The number of alkyl halides is 3. The molecule has 0 radical (unpaired) electrons. The third kappa shape index (κ3) is 3.35. The van der Waals surface area contributed by atoms with Gasteiger partial charge in [-0.25, -0.2) is 9.78 Å². The highest BCUT2D eigenvalue weighted by molar-refractivity contribution is 14.1. The largest absolute Gasteiger partial charge is 0.573 e. The number of methoxy groups -OCH3 is 1. The Labute approximate surface area is 107 Å². The van der Waals surface area contributed by atoms with Gasteiger partial charge in [-0.2, -0.15) is 0 Å². The summed E-state index contributed by atoms with van der Waals surface area (Å²) >= 11 is 1.53. The SMILES string of the molecule is COc1c(C(=O)O)ncc(I)c1OC(F)(F)F. The zero-order valence-corrected chi connectivity index (χ0v) is 10.4. The van der Waals surface area contributed by atoms with Crippen molar-refractivity contribution in [2.45, 2.75) is 6.36 Å². The van der Waals surface area contributed by atoms with Gasteiger partial charge in [0.25, 0.3) is 0 Å². The lowest BCUT2D eigenvalue weighted by Crippen LogP contribution is -2.19. The van der Waals surface area contributed by atoms with Gasteiger partial charge in [0.15, 0.2) is 17.2 Å². The van der Waals surface area contributed by atoms with Gasteiger partial charge < -0.3 is 14.6 Å². The van der Waals surface area contributed by atoms with E-state index in [1.165, 1.54) is 22.6 Å². The lowest BCUT2D eigenvalue weighted by atomic mass is 10.3. The van der Waals surface area contributed by atoms with Gasteiger partial charge in [-0.05, 0) is 22.6 Å². The van der Waals surface area contributed by atoms with E-state index in [9.17, 15) is 18.0 Å². The molecule has 0 unspecified atom stereocenters. The Kier molecular flexibility index (Phi) is 4.01. The van der Waals surface area contributed by atoms with Crippen LogP contribution >= 0.6 is 22.6 Å². The van der Waals surface area contributed by atoms with Crippen LogP contribution in [-0.4, -0.2) is 29.5 Å². The van der Waals surface area contributed by atoms with E-state index in [1.54, 1.807) is 0 Å². The van der Waals surface area contributed by atoms with Crippen LogP contribution in [0, 0.1) is 3.57 Å². The van der Waals surface area contributed by atoms with Crippen LogP contribution in [0.1, 0.15) is 10.5 Å². The Morgan fingerprint density at radius 1 is 1.47 bits per heavy atom. The summed E-state index contributed by atoms with van der Waals surface area (Å²) in [6.45, 7) is 0. The molecule has 0 aromatic carbocycles. The predicted molar refractivity (Wildman–Crippen MR) is 57.1 cm³/mol. The Bertz CT molecular complexity index is 449. The Morgan fingerprint density at radius 2 is 2.06 bits per heavy atom. The maximum absolute atomic E-state index is 12.1. The van der Waals surface area contributed by atoms with E-state index < -0.39 is 29.5 Å². The Hall–Kier alpha value is -1.26. The van der Waals surface area contributed by atoms with E-state index in [4.69, 9.17) is 5.11 Å². The normalized spacial score (nSPS) is 11.1. The zero-order chi connectivity index (χ0) is 13.2. The third-order valence-electron chi connectivity index (χ3n) is 1.57. The van der Waals surface area contributed by atoms with Gasteiger partial charge in [-0.1, -0.05) is 0 Å². The lowest BCUT2D eigenvalue weighted by Gasteiger charge is -2.14. The second kappa shape index (κ2) is 4.94. The van der Waals surface area contributed by atoms with Crippen molar-refractivity contribution < 1.29 is 32.5 Å². The summed E-state index contributed by atoms with van der Waals surface area (Å²) in [6, 6.07) is 0. The van der Waals surface area contributed by atoms with Crippen LogP contribution in [0.3, 0.4) is 0 Å². The number of hydrogen-bond acceptors (Lipinski definition) is 4. The number of hydrogen-bond donors (Lipinski definition) is 1. The van der Waals surface area contributed by atoms with E-state index in [0.717, 1.165) is 13.3 Å². The summed E-state index contributed by atoms with van der Waals surface area (Å²) in [7, 11) is 1.03. The zero-order valence-electron chi connectivity index (χ0n) is 8.21. The maximum Gasteiger partial charge on any atom is 0.573 e. The third-order valence-corrected chi connectivity index (χ3v) is 2.34. The first-order valence-electron chi connectivity index (χ1n) is 3.97. The summed E-state index contributed by atoms with van der Waals surface area (Å²) in [6.07, 6.45) is -3.99. The number of carboxylic acids is 1. The quantitative estimate of drug-likeness (QED) is 0.835. The summed E-state index contributed by atoms with van der Waals surface area (Å²) in [5.74, 6) is -2.79. The standard InChI is InChI=1S/C8H5F3INO4/c1-16-6-4(7(14)15)13-2-3(12)5(6)17-8(9,10)11/h2H,1H3,(H,14,15). The average Bonchev–Trinajstić information content (AvgIpc) is 2.18. The van der Waals surface area contributed by atoms with Crippen LogP contribution in [0.15, 0.2) is 6.20 Å². The van der Waals surface area contributed by atoms with Gasteiger partial charge in [-0.15, -0.1) is 13.2 Å². The first-order chi connectivity index (χ1) is 7.76. The number of aromatic carboxylic acids is 1. The van der Waals surface area contributed by atoms with Gasteiger partial charge in [0.2, 0.25) is 0 Å². The highest BCUT2D eigenvalue weighted by Crippen LogP contribution is 2.37. The molecule has 1 aromatic heterocycles. The number of pyridine rings is 1. The van der Waals surface area contributed by atoms with E-state index in [-0.39, 0.29) is 3.57 Å². The lowest BCUT2D eigenvalue weighted by molar-refractivity contribution is -0.275. The maximum atomic E-state index is 12.1. The molecule has 1 heterocycles. The number of carbonyl (C=O) groups is 1. The van der Waals surface area contributed by atoms with Crippen molar-refractivity contribution in [2.75, 3.05) is 7.11 Å². The molecule has 9 heteroatoms. The van der Waals surface area contributed by atoms with E-state index >= 15 is 0 Å². The molecular formula is C8H5F3INO4. The number of rotatable bonds is 3. The molecule has 0 aliphatic rings. The highest BCUT2D eigenvalue weighted by atomic mass is 127. The molecule has 0 amide bonds. The molecule has 0 fully saturated rings. The molecule has 0 saturated heterocycles. The molecule has 0 aliphatic heterocycles. The minimum Gasteiger partial charge on any atom is -0.491 e. The van der Waals surface area contributed by atoms with Gasteiger partial charge in [0, 0.05) is 6.20 Å². The van der Waals surface area contributed by atoms with Crippen molar-refractivity contribution in [3.63, 3.8) is 0 Å². The molecule has 0 bridgehead atoms. The van der Waals surface area contributed by atoms with Gasteiger partial charge in [0.1, 0.15) is 0 Å². The van der Waals surface area contributed by atoms with Crippen LogP contribution in [0.2, 0.25) is 0 Å². The Morgan fingerprint density at radius 3 is 2.47 bits per heavy atom. The molecule has 1 rings (SSSR count). The fourth-order valence-electron chi connectivity index (χ4n) is 1.01. The van der Waals surface area contributed by atoms with E-state index in [0.29, 0.717) is 0 Å². The topological polar surface area (TPSA) is 68.7 Å². The van der Waals surface area contributed by atoms with Gasteiger partial charge >= 0.3 is 12.3 Å². The van der Waals surface area contributed by atoms with Crippen LogP contribution in [0.25, 0.3) is 0 Å². The van der Waals surface area contributed by atoms with Crippen LogP contribution in [-0.2, 0) is 0 Å². The summed E-state index contributed by atoms with van der Waals surface area (Å²) in [4.78, 5) is 14.2. The summed E-state index contributed by atoms with van der Waals surface area (Å²) in [5.41, 5.74) is -0.646. The smallest absolute Gasteiger partial charge is 0.491 e. The second-order valence-corrected chi connectivity index (χ2v) is 3.83. The molecule has 1 N–H and O–H groups in total. The minimum atomic E-state index is -4.94. The van der Waals surface area contributed by atoms with Gasteiger partial charge in [0.05, 0.1) is 10.7 Å². The van der Waals surface area contributed by atoms with E-state index in [2.05, 4.69) is 14.5 Å². The average molecular weight is 363 g/mol. The molecule has 94 valence electrons. The highest BCUT2D eigenvalue weighted by Gasteiger charge is 2.35. The fourth-order valence-corrected chi connectivity index (χ4v) is 1.50. The van der Waals surface area contributed by atoms with E-state index in [1.807, 2.05) is 0 Å². The van der Waals surface area contributed by atoms with Crippen LogP contribution in [0.5, 0.6) is 11.5 Å². The molecule has 0 atom stereocenters. The number of halogens is 4. The molecule has 0 saturated carbocycles. The number of carboxylic acid groups (broad SMARTS) is 1. The van der Waals surface area contributed by atoms with Crippen LogP contribution < -0.4 is 9.47 Å². The first-order valence-corrected chi connectivity index (χ1v) is 5.05. The molecule has 0 spiro atoms. The summed E-state index contributed by atoms with van der Waals surface area (Å²) < 4.78 is 44.7. The van der Waals surface area contributed by atoms with Crippen molar-refractivity contribution in [3.8, 4) is 11.5 Å². The number of ether oxygens (including phenoxy) is 2. The van der Waals surface area contributed by atoms with Crippen molar-refractivity contribution in [1.82, 2.24) is 4.98 Å². The Balaban J connectivity index is 3.35. The number of nitrogens with zero attached hydrogens (tertiary/aromatic N) is 1. The molecule has 17 heavy (non-hydrogen) atoms. The monoisotopic (exact) mass is 363 g/mol. The number of aromatic nitrogens is 1. The second-order valence-electron chi connectivity index (χ2n) is 2.67. The summed E-state index contributed by atoms with van der Waals surface area (Å²) in [5, 5.41) is 8.73. The van der Waals surface area contributed by atoms with Crippen molar-refractivity contribution >= 4 is 28.6 Å². The van der Waals surface area contributed by atoms with Crippen molar-refractivity contribution in [1.29, 1.82) is 0 Å². The fraction of sp³-hybridized carbons (Fsp3) is 0.250. The molecule has 1 aromatic rings. The van der Waals surface area contributed by atoms with Gasteiger partial charge in [-0.3, -0.25) is 0 Å². The van der Waals surface area contributed by atoms with Crippen molar-refractivity contribution in [3.05, 3.63) is 15.5 Å².